The van der Waals surface area contributed by atoms with E-state index in [0.29, 0.717) is 11.1 Å². The molecule has 0 aliphatic heterocycles. The number of aryl methyl sites for hydroxylation is 1. The molecule has 1 atom stereocenters. The molecular weight excluding hydrogens is 306 g/mol. The quantitative estimate of drug-likeness (QED) is 0.625. The minimum atomic E-state index is -3.97. The minimum absolute atomic E-state index is 0. The standard InChI is InChI=1S/C11H17N3O4S.ClH/c1-7-4-5-10(14(15)16)11(9(7)3)19(17,18)13-8(2)6-12;/h4-5,8,13H,6,12H2,1-3H3;1H/t8-;/m0./s1. The fourth-order valence-corrected chi connectivity index (χ4v) is 3.36. The molecule has 1 aromatic carbocycles. The Balaban J connectivity index is 0.00000361. The Bertz CT molecular complexity index is 604. The van der Waals surface area contributed by atoms with Crippen molar-refractivity contribution in [3.63, 3.8) is 0 Å². The van der Waals surface area contributed by atoms with E-state index >= 15 is 0 Å². The van der Waals surface area contributed by atoms with Crippen LogP contribution < -0.4 is 10.5 Å². The van der Waals surface area contributed by atoms with Crippen LogP contribution in [0.2, 0.25) is 0 Å². The Morgan fingerprint density at radius 3 is 2.40 bits per heavy atom. The third kappa shape index (κ3) is 3.89. The lowest BCUT2D eigenvalue weighted by Crippen LogP contribution is -2.38. The van der Waals surface area contributed by atoms with Gasteiger partial charge in [-0.15, -0.1) is 12.4 Å². The maximum atomic E-state index is 12.2. The SMILES string of the molecule is Cc1ccc([N+](=O)[O-])c(S(=O)(=O)N[C@@H](C)CN)c1C.Cl. The number of nitrogens with two attached hydrogens (primary N) is 1. The smallest absolute Gasteiger partial charge is 0.289 e. The number of sulfonamides is 1. The zero-order chi connectivity index (χ0) is 14.8. The molecule has 0 radical (unpaired) electrons. The van der Waals surface area contributed by atoms with E-state index in [1.807, 2.05) is 0 Å². The van der Waals surface area contributed by atoms with Gasteiger partial charge in [-0.2, -0.15) is 0 Å². The van der Waals surface area contributed by atoms with Crippen LogP contribution in [-0.4, -0.2) is 25.9 Å². The van der Waals surface area contributed by atoms with Gasteiger partial charge in [0.1, 0.15) is 0 Å². The molecule has 0 bridgehead atoms. The number of nitrogens with zero attached hydrogens (tertiary/aromatic N) is 1. The lowest BCUT2D eigenvalue weighted by atomic mass is 10.1. The highest BCUT2D eigenvalue weighted by atomic mass is 35.5. The fourth-order valence-electron chi connectivity index (χ4n) is 1.63. The lowest BCUT2D eigenvalue weighted by molar-refractivity contribution is -0.387. The summed E-state index contributed by atoms with van der Waals surface area (Å²) in [6.07, 6.45) is 0. The number of halogens is 1. The van der Waals surface area contributed by atoms with Crippen LogP contribution in [0, 0.1) is 24.0 Å². The van der Waals surface area contributed by atoms with E-state index in [1.54, 1.807) is 20.8 Å². The number of rotatable bonds is 5. The monoisotopic (exact) mass is 323 g/mol. The summed E-state index contributed by atoms with van der Waals surface area (Å²) in [6, 6.07) is 2.23. The summed E-state index contributed by atoms with van der Waals surface area (Å²) >= 11 is 0. The molecule has 0 saturated heterocycles. The zero-order valence-electron chi connectivity index (χ0n) is 11.4. The first-order valence-corrected chi connectivity index (χ1v) is 7.16. The molecule has 0 aliphatic rings. The van der Waals surface area contributed by atoms with E-state index < -0.39 is 26.7 Å². The van der Waals surface area contributed by atoms with Gasteiger partial charge in [-0.05, 0) is 31.9 Å². The van der Waals surface area contributed by atoms with Crippen molar-refractivity contribution in [3.05, 3.63) is 33.4 Å². The number of benzene rings is 1. The zero-order valence-corrected chi connectivity index (χ0v) is 13.0. The predicted octanol–water partition coefficient (Wildman–Crippen LogP) is 1.26. The maximum Gasteiger partial charge on any atom is 0.289 e. The van der Waals surface area contributed by atoms with Crippen molar-refractivity contribution < 1.29 is 13.3 Å². The lowest BCUT2D eigenvalue weighted by Gasteiger charge is -2.14. The summed E-state index contributed by atoms with van der Waals surface area (Å²) in [4.78, 5) is 9.98. The molecule has 3 N–H and O–H groups in total. The Morgan fingerprint density at radius 1 is 1.40 bits per heavy atom. The van der Waals surface area contributed by atoms with Gasteiger partial charge < -0.3 is 5.73 Å². The molecule has 0 aliphatic carbocycles. The molecule has 114 valence electrons. The van der Waals surface area contributed by atoms with Crippen molar-refractivity contribution in [3.8, 4) is 0 Å². The topological polar surface area (TPSA) is 115 Å². The van der Waals surface area contributed by atoms with Gasteiger partial charge in [-0.3, -0.25) is 10.1 Å². The van der Waals surface area contributed by atoms with Gasteiger partial charge in [-0.25, -0.2) is 13.1 Å². The van der Waals surface area contributed by atoms with Crippen LogP contribution in [0.3, 0.4) is 0 Å². The van der Waals surface area contributed by atoms with Crippen molar-refractivity contribution in [2.45, 2.75) is 31.7 Å². The number of nitro groups is 1. The predicted molar refractivity (Wildman–Crippen MR) is 78.7 cm³/mol. The number of hydrogen-bond donors (Lipinski definition) is 2. The molecule has 1 rings (SSSR count). The molecule has 7 nitrogen and oxygen atoms in total. The average molecular weight is 324 g/mol. The van der Waals surface area contributed by atoms with Crippen molar-refractivity contribution in [1.29, 1.82) is 0 Å². The summed E-state index contributed by atoms with van der Waals surface area (Å²) in [6.45, 7) is 4.95. The summed E-state index contributed by atoms with van der Waals surface area (Å²) < 4.78 is 26.8. The number of hydrogen-bond acceptors (Lipinski definition) is 5. The largest absolute Gasteiger partial charge is 0.329 e. The average Bonchev–Trinajstić information content (AvgIpc) is 2.30. The molecule has 0 unspecified atom stereocenters. The van der Waals surface area contributed by atoms with Crippen LogP contribution >= 0.6 is 12.4 Å². The van der Waals surface area contributed by atoms with E-state index in [1.165, 1.54) is 12.1 Å². The van der Waals surface area contributed by atoms with E-state index in [2.05, 4.69) is 4.72 Å². The molecule has 20 heavy (non-hydrogen) atoms. The summed E-state index contributed by atoms with van der Waals surface area (Å²) in [5.74, 6) is 0. The molecule has 1 aromatic rings. The van der Waals surface area contributed by atoms with Gasteiger partial charge in [0.25, 0.3) is 5.69 Å². The number of nitrogens with one attached hydrogen (secondary N) is 1. The van der Waals surface area contributed by atoms with E-state index in [4.69, 9.17) is 5.73 Å². The molecular formula is C11H18ClN3O4S. The first-order valence-electron chi connectivity index (χ1n) is 5.67. The molecule has 0 fully saturated rings. The molecule has 0 saturated carbocycles. The normalized spacial score (nSPS) is 12.6. The highest BCUT2D eigenvalue weighted by Crippen LogP contribution is 2.29. The van der Waals surface area contributed by atoms with Crippen molar-refractivity contribution in [1.82, 2.24) is 4.72 Å². The second-order valence-corrected chi connectivity index (χ2v) is 6.02. The van der Waals surface area contributed by atoms with Crippen LogP contribution in [-0.2, 0) is 10.0 Å². The Labute approximate surface area is 124 Å². The fraction of sp³-hybridized carbons (Fsp3) is 0.455. The van der Waals surface area contributed by atoms with Gasteiger partial charge in [0.15, 0.2) is 4.90 Å². The van der Waals surface area contributed by atoms with Crippen molar-refractivity contribution in [2.24, 2.45) is 5.73 Å². The van der Waals surface area contributed by atoms with E-state index in [0.717, 1.165) is 0 Å². The van der Waals surface area contributed by atoms with Crippen LogP contribution in [0.1, 0.15) is 18.1 Å². The second kappa shape index (κ2) is 6.98. The van der Waals surface area contributed by atoms with E-state index in [9.17, 15) is 18.5 Å². The Hall–Kier alpha value is -1.22. The summed E-state index contributed by atoms with van der Waals surface area (Å²) in [5, 5.41) is 11.0. The first-order chi connectivity index (χ1) is 8.70. The second-order valence-electron chi connectivity index (χ2n) is 4.37. The van der Waals surface area contributed by atoms with Gasteiger partial charge in [0.2, 0.25) is 10.0 Å². The van der Waals surface area contributed by atoms with Crippen LogP contribution in [0.25, 0.3) is 0 Å². The van der Waals surface area contributed by atoms with Crippen LogP contribution in [0.5, 0.6) is 0 Å². The molecule has 0 spiro atoms. The Morgan fingerprint density at radius 2 is 1.95 bits per heavy atom. The molecule has 9 heteroatoms. The highest BCUT2D eigenvalue weighted by molar-refractivity contribution is 7.89. The molecule has 0 aromatic heterocycles. The minimum Gasteiger partial charge on any atom is -0.329 e. The third-order valence-corrected chi connectivity index (χ3v) is 4.60. The van der Waals surface area contributed by atoms with Gasteiger partial charge in [0.05, 0.1) is 4.92 Å². The van der Waals surface area contributed by atoms with Crippen molar-refractivity contribution >= 4 is 28.1 Å². The first kappa shape index (κ1) is 18.8. The number of nitro benzene ring substituents is 1. The molecule has 0 amide bonds. The van der Waals surface area contributed by atoms with Crippen molar-refractivity contribution in [2.75, 3.05) is 6.54 Å². The summed E-state index contributed by atoms with van der Waals surface area (Å²) in [5.41, 5.74) is 5.97. The third-order valence-electron chi connectivity index (χ3n) is 2.83. The summed E-state index contributed by atoms with van der Waals surface area (Å²) in [7, 11) is -3.97. The highest BCUT2D eigenvalue weighted by Gasteiger charge is 2.29. The van der Waals surface area contributed by atoms with Crippen LogP contribution in [0.15, 0.2) is 17.0 Å². The van der Waals surface area contributed by atoms with Gasteiger partial charge in [-0.1, -0.05) is 6.07 Å². The van der Waals surface area contributed by atoms with Crippen LogP contribution in [0.4, 0.5) is 5.69 Å². The maximum absolute atomic E-state index is 12.2. The molecule has 0 heterocycles. The Kier molecular flexibility index (Phi) is 6.55. The van der Waals surface area contributed by atoms with Gasteiger partial charge >= 0.3 is 0 Å². The van der Waals surface area contributed by atoms with Gasteiger partial charge in [0, 0.05) is 18.7 Å². The van der Waals surface area contributed by atoms with E-state index in [-0.39, 0.29) is 23.8 Å².